The van der Waals surface area contributed by atoms with Gasteiger partial charge in [0.2, 0.25) is 0 Å². The lowest BCUT2D eigenvalue weighted by Gasteiger charge is -1.98. The second kappa shape index (κ2) is 6.77. The Labute approximate surface area is 142 Å². The first-order chi connectivity index (χ1) is 11.1. The Kier molecular flexibility index (Phi) is 4.55. The van der Waals surface area contributed by atoms with Crippen molar-refractivity contribution in [2.75, 3.05) is 0 Å². The molecule has 1 aromatic heterocycles. The Hall–Kier alpha value is -2.43. The van der Waals surface area contributed by atoms with E-state index in [9.17, 15) is 9.90 Å². The average Bonchev–Trinajstić information content (AvgIpc) is 3.03. The fourth-order valence-electron chi connectivity index (χ4n) is 2.02. The lowest BCUT2D eigenvalue weighted by atomic mass is 10.1. The van der Waals surface area contributed by atoms with Gasteiger partial charge in [-0.25, -0.2) is 4.98 Å². The molecule has 0 saturated heterocycles. The van der Waals surface area contributed by atoms with Gasteiger partial charge in [0.25, 0.3) is 0 Å². The van der Waals surface area contributed by atoms with Gasteiger partial charge in [-0.15, -0.1) is 11.3 Å². The van der Waals surface area contributed by atoms with Gasteiger partial charge in [0.05, 0.1) is 11.3 Å². The molecule has 114 valence electrons. The number of hydrogen-bond acceptors (Lipinski definition) is 4. The number of aromatic hydroxyl groups is 1. The summed E-state index contributed by atoms with van der Waals surface area (Å²) in [5, 5.41) is 13.1. The summed E-state index contributed by atoms with van der Waals surface area (Å²) in [5.74, 6) is -0.286. The van der Waals surface area contributed by atoms with Crippen LogP contribution in [-0.2, 0) is 0 Å². The van der Waals surface area contributed by atoms with Crippen LogP contribution in [0.15, 0.2) is 60.0 Å². The fourth-order valence-corrected chi connectivity index (χ4v) is 2.94. The number of rotatable bonds is 4. The topological polar surface area (TPSA) is 50.2 Å². The molecule has 3 aromatic rings. The Bertz CT molecular complexity index is 869. The number of para-hydroxylation sites is 1. The van der Waals surface area contributed by atoms with Gasteiger partial charge in [0.15, 0.2) is 5.78 Å². The number of allylic oxidation sites excluding steroid dienone is 1. The van der Waals surface area contributed by atoms with Crippen LogP contribution in [0.3, 0.4) is 0 Å². The van der Waals surface area contributed by atoms with Crippen LogP contribution in [0.25, 0.3) is 16.6 Å². The van der Waals surface area contributed by atoms with Crippen LogP contribution < -0.4 is 0 Å². The van der Waals surface area contributed by atoms with Crippen LogP contribution in [0.1, 0.15) is 16.1 Å². The van der Waals surface area contributed by atoms with Crippen molar-refractivity contribution in [2.45, 2.75) is 0 Å². The zero-order valence-corrected chi connectivity index (χ0v) is 13.5. The van der Waals surface area contributed by atoms with E-state index < -0.39 is 0 Å². The molecule has 0 spiro atoms. The molecule has 23 heavy (non-hydrogen) atoms. The van der Waals surface area contributed by atoms with Crippen molar-refractivity contribution >= 4 is 34.8 Å². The first kappa shape index (κ1) is 15.5. The number of carbonyl (C=O) groups is 1. The smallest absolute Gasteiger partial charge is 0.189 e. The summed E-state index contributed by atoms with van der Waals surface area (Å²) in [7, 11) is 0. The standard InChI is InChI=1S/C18H12ClNO2S/c19-13-7-5-12(6-8-13)18-20-14(11-23-18)9-10-17(22)15-3-1-2-4-16(15)21/h1-11,21H. The van der Waals surface area contributed by atoms with E-state index >= 15 is 0 Å². The average molecular weight is 342 g/mol. The van der Waals surface area contributed by atoms with E-state index in [1.165, 1.54) is 23.5 Å². The van der Waals surface area contributed by atoms with Crippen LogP contribution in [0.4, 0.5) is 0 Å². The minimum Gasteiger partial charge on any atom is -0.507 e. The largest absolute Gasteiger partial charge is 0.507 e. The quantitative estimate of drug-likeness (QED) is 0.532. The zero-order chi connectivity index (χ0) is 16.2. The molecule has 0 atom stereocenters. The number of phenolic OH excluding ortho intramolecular Hbond substituents is 1. The summed E-state index contributed by atoms with van der Waals surface area (Å²) in [6.07, 6.45) is 3.06. The highest BCUT2D eigenvalue weighted by Gasteiger charge is 2.07. The maximum Gasteiger partial charge on any atom is 0.189 e. The molecule has 2 aromatic carbocycles. The van der Waals surface area contributed by atoms with E-state index in [0.29, 0.717) is 10.7 Å². The maximum absolute atomic E-state index is 12.1. The zero-order valence-electron chi connectivity index (χ0n) is 11.9. The molecule has 0 bridgehead atoms. The van der Waals surface area contributed by atoms with E-state index in [4.69, 9.17) is 11.6 Å². The number of phenols is 1. The molecular formula is C18H12ClNO2S. The summed E-state index contributed by atoms with van der Waals surface area (Å²) in [5.41, 5.74) is 1.95. The predicted molar refractivity (Wildman–Crippen MR) is 94.0 cm³/mol. The third kappa shape index (κ3) is 3.67. The van der Waals surface area contributed by atoms with Crippen molar-refractivity contribution in [3.05, 3.63) is 76.3 Å². The van der Waals surface area contributed by atoms with E-state index in [1.807, 2.05) is 29.6 Å². The highest BCUT2D eigenvalue weighted by atomic mass is 35.5. The molecule has 0 aliphatic heterocycles. The minimum atomic E-state index is -0.260. The van der Waals surface area contributed by atoms with E-state index in [-0.39, 0.29) is 17.1 Å². The Balaban J connectivity index is 1.77. The maximum atomic E-state index is 12.1. The summed E-state index contributed by atoms with van der Waals surface area (Å²) in [4.78, 5) is 16.5. The first-order valence-corrected chi connectivity index (χ1v) is 8.11. The van der Waals surface area contributed by atoms with Crippen molar-refractivity contribution < 1.29 is 9.90 Å². The molecule has 0 aliphatic rings. The number of carbonyl (C=O) groups excluding carboxylic acids is 1. The normalized spacial score (nSPS) is 11.0. The highest BCUT2D eigenvalue weighted by molar-refractivity contribution is 7.13. The Morgan fingerprint density at radius 2 is 1.87 bits per heavy atom. The second-order valence-corrected chi connectivity index (χ2v) is 6.09. The van der Waals surface area contributed by atoms with Crippen molar-refractivity contribution in [1.82, 2.24) is 4.98 Å². The summed E-state index contributed by atoms with van der Waals surface area (Å²) in [6.45, 7) is 0. The van der Waals surface area contributed by atoms with Gasteiger partial charge in [0.1, 0.15) is 10.8 Å². The third-order valence-electron chi connectivity index (χ3n) is 3.19. The lowest BCUT2D eigenvalue weighted by Crippen LogP contribution is -1.94. The number of halogens is 1. The van der Waals surface area contributed by atoms with Gasteiger partial charge < -0.3 is 5.11 Å². The molecule has 1 N–H and O–H groups in total. The molecule has 0 saturated carbocycles. The fraction of sp³-hybridized carbons (Fsp3) is 0. The molecule has 0 fully saturated rings. The molecule has 5 heteroatoms. The van der Waals surface area contributed by atoms with Crippen LogP contribution in [0.2, 0.25) is 5.02 Å². The molecule has 0 amide bonds. The van der Waals surface area contributed by atoms with Crippen molar-refractivity contribution in [3.63, 3.8) is 0 Å². The third-order valence-corrected chi connectivity index (χ3v) is 4.35. The monoisotopic (exact) mass is 341 g/mol. The molecule has 1 heterocycles. The van der Waals surface area contributed by atoms with Gasteiger partial charge in [-0.2, -0.15) is 0 Å². The van der Waals surface area contributed by atoms with Crippen LogP contribution in [-0.4, -0.2) is 15.9 Å². The summed E-state index contributed by atoms with van der Waals surface area (Å²) in [6, 6.07) is 13.9. The number of aromatic nitrogens is 1. The number of benzene rings is 2. The second-order valence-electron chi connectivity index (χ2n) is 4.80. The number of hydrogen-bond donors (Lipinski definition) is 1. The van der Waals surface area contributed by atoms with Crippen molar-refractivity contribution in [3.8, 4) is 16.3 Å². The van der Waals surface area contributed by atoms with E-state index in [2.05, 4.69) is 4.98 Å². The molecular weight excluding hydrogens is 330 g/mol. The first-order valence-electron chi connectivity index (χ1n) is 6.85. The van der Waals surface area contributed by atoms with Gasteiger partial charge in [-0.3, -0.25) is 4.79 Å². The molecule has 0 unspecified atom stereocenters. The van der Waals surface area contributed by atoms with Gasteiger partial charge in [0, 0.05) is 16.0 Å². The van der Waals surface area contributed by atoms with Crippen molar-refractivity contribution in [1.29, 1.82) is 0 Å². The number of nitrogens with zero attached hydrogens (tertiary/aromatic N) is 1. The van der Waals surface area contributed by atoms with Gasteiger partial charge in [-0.05, 0) is 36.4 Å². The number of ketones is 1. The van der Waals surface area contributed by atoms with Crippen LogP contribution in [0, 0.1) is 0 Å². The molecule has 0 aliphatic carbocycles. The van der Waals surface area contributed by atoms with Gasteiger partial charge in [-0.1, -0.05) is 35.9 Å². The highest BCUT2D eigenvalue weighted by Crippen LogP contribution is 2.25. The van der Waals surface area contributed by atoms with Crippen molar-refractivity contribution in [2.24, 2.45) is 0 Å². The minimum absolute atomic E-state index is 0.0257. The van der Waals surface area contributed by atoms with Crippen LogP contribution in [0.5, 0.6) is 5.75 Å². The van der Waals surface area contributed by atoms with E-state index in [0.717, 1.165) is 10.6 Å². The SMILES string of the molecule is O=C(C=Cc1csc(-c2ccc(Cl)cc2)n1)c1ccccc1O. The molecule has 3 nitrogen and oxygen atoms in total. The lowest BCUT2D eigenvalue weighted by molar-refractivity contribution is 0.104. The molecule has 3 rings (SSSR count). The molecule has 0 radical (unpaired) electrons. The van der Waals surface area contributed by atoms with Crippen LogP contribution >= 0.6 is 22.9 Å². The van der Waals surface area contributed by atoms with E-state index in [1.54, 1.807) is 24.3 Å². The Morgan fingerprint density at radius 3 is 2.61 bits per heavy atom. The van der Waals surface area contributed by atoms with Gasteiger partial charge >= 0.3 is 0 Å². The Morgan fingerprint density at radius 1 is 1.13 bits per heavy atom. The number of thiazole rings is 1. The summed E-state index contributed by atoms with van der Waals surface area (Å²) < 4.78 is 0. The predicted octanol–water partition coefficient (Wildman–Crippen LogP) is 5.07. The summed E-state index contributed by atoms with van der Waals surface area (Å²) >= 11 is 7.37.